The molecule has 2 aromatic heterocycles. The van der Waals surface area contributed by atoms with Gasteiger partial charge in [0.1, 0.15) is 35.4 Å². The molecule has 13 heteroatoms. The number of hydrogen-bond donors (Lipinski definition) is 3. The van der Waals surface area contributed by atoms with Gasteiger partial charge in [-0.3, -0.25) is 9.69 Å². The highest BCUT2D eigenvalue weighted by atomic mass is 32.2. The van der Waals surface area contributed by atoms with Crippen LogP contribution in [-0.2, 0) is 22.9 Å². The topological polar surface area (TPSA) is 156 Å². The molecule has 0 bridgehead atoms. The summed E-state index contributed by atoms with van der Waals surface area (Å²) >= 11 is 0. The van der Waals surface area contributed by atoms with Crippen LogP contribution in [0.5, 0.6) is 5.75 Å². The Balaban J connectivity index is 1.69. The molecule has 0 saturated carbocycles. The van der Waals surface area contributed by atoms with Crippen LogP contribution < -0.4 is 16.1 Å². The molecule has 1 aromatic carbocycles. The Kier molecular flexibility index (Phi) is 7.76. The summed E-state index contributed by atoms with van der Waals surface area (Å²) in [6.07, 6.45) is 3.19. The lowest BCUT2D eigenvalue weighted by Gasteiger charge is -2.38. The van der Waals surface area contributed by atoms with E-state index in [1.54, 1.807) is 16.6 Å². The first kappa shape index (κ1) is 26.2. The maximum Gasteiger partial charge on any atom is 0.344 e. The van der Waals surface area contributed by atoms with Crippen molar-refractivity contribution in [2.75, 3.05) is 45.9 Å². The zero-order valence-corrected chi connectivity index (χ0v) is 21.5. The molecule has 0 unspecified atom stereocenters. The maximum absolute atomic E-state index is 13.6. The normalized spacial score (nSPS) is 16.4. The number of quaternary nitrogens is 1. The number of nitrogens with zero attached hydrogens (tertiary/aromatic N) is 5. The molecule has 4 rings (SSSR count). The largest absolute Gasteiger partial charge is 0.494 e. The number of β-amino-alcohol motifs (C(OH)–C–C–N with tert-alkyl or cyclic N) is 1. The Hall–Kier alpha value is -2.84. The number of imidazole rings is 1. The number of nitrogens with two attached hydrogens (primary N) is 1. The highest BCUT2D eigenvalue weighted by molar-refractivity contribution is 7.85. The van der Waals surface area contributed by atoms with Crippen molar-refractivity contribution < 1.29 is 22.3 Å². The molecule has 4 N–H and O–H groups in total. The second kappa shape index (κ2) is 10.6. The number of ether oxygens (including phenoxy) is 1. The Morgan fingerprint density at radius 2 is 2.00 bits per heavy atom. The van der Waals surface area contributed by atoms with Crippen molar-refractivity contribution in [1.29, 1.82) is 0 Å². The monoisotopic (exact) mass is 520 g/mol. The summed E-state index contributed by atoms with van der Waals surface area (Å²) in [5, 5.41) is 13.7. The number of fused-ring (bicyclic) bond motifs is 1. The lowest BCUT2D eigenvalue weighted by Crippen LogP contribution is -2.66. The molecule has 0 radical (unpaired) electrons. The molecule has 0 spiro atoms. The third-order valence-corrected chi connectivity index (χ3v) is 8.64. The van der Waals surface area contributed by atoms with Crippen molar-refractivity contribution in [2.45, 2.75) is 38.0 Å². The molecule has 1 saturated heterocycles. The highest BCUT2D eigenvalue weighted by Gasteiger charge is 2.43. The second-order valence-corrected chi connectivity index (χ2v) is 11.1. The maximum atomic E-state index is 13.6. The summed E-state index contributed by atoms with van der Waals surface area (Å²) < 4.78 is 33.9. The van der Waals surface area contributed by atoms with Crippen molar-refractivity contribution >= 4 is 15.5 Å². The van der Waals surface area contributed by atoms with Gasteiger partial charge >= 0.3 is 10.0 Å². The number of rotatable bonds is 10. The van der Waals surface area contributed by atoms with Gasteiger partial charge in [0, 0.05) is 24.9 Å². The van der Waals surface area contributed by atoms with Gasteiger partial charge in [0.15, 0.2) is 5.52 Å². The number of piperazine rings is 1. The third kappa shape index (κ3) is 5.02. The van der Waals surface area contributed by atoms with Crippen LogP contribution in [-0.4, -0.2) is 87.9 Å². The summed E-state index contributed by atoms with van der Waals surface area (Å²) in [7, 11) is -3.93. The minimum absolute atomic E-state index is 0.0144. The van der Waals surface area contributed by atoms with E-state index in [1.165, 1.54) is 12.3 Å². The van der Waals surface area contributed by atoms with E-state index in [0.29, 0.717) is 61.1 Å². The Labute approximate surface area is 209 Å². The number of sulfonamides is 1. The van der Waals surface area contributed by atoms with E-state index in [0.717, 1.165) is 6.42 Å². The van der Waals surface area contributed by atoms with E-state index < -0.39 is 14.0 Å². The number of aromatic amines is 1. The molecule has 0 aliphatic carbocycles. The molecule has 1 aliphatic heterocycles. The molecule has 196 valence electrons. The molecular formula is C23H34N7O5S+. The van der Waals surface area contributed by atoms with Gasteiger partial charge < -0.3 is 14.8 Å². The van der Waals surface area contributed by atoms with Crippen molar-refractivity contribution in [1.82, 2.24) is 24.5 Å². The Morgan fingerprint density at radius 1 is 1.25 bits per heavy atom. The molecule has 3 aromatic rings. The zero-order valence-electron chi connectivity index (χ0n) is 20.7. The average molecular weight is 521 g/mol. The van der Waals surface area contributed by atoms with E-state index in [-0.39, 0.29) is 36.6 Å². The molecule has 36 heavy (non-hydrogen) atoms. The molecule has 0 amide bonds. The first-order valence-electron chi connectivity index (χ1n) is 12.2. The van der Waals surface area contributed by atoms with Crippen LogP contribution in [0.15, 0.2) is 34.1 Å². The van der Waals surface area contributed by atoms with E-state index in [2.05, 4.69) is 15.1 Å². The van der Waals surface area contributed by atoms with E-state index in [4.69, 9.17) is 10.6 Å². The fourth-order valence-corrected chi connectivity index (χ4v) is 6.05. The van der Waals surface area contributed by atoms with Crippen LogP contribution in [0, 0.1) is 0 Å². The summed E-state index contributed by atoms with van der Waals surface area (Å²) in [4.78, 5) is 21.8. The minimum Gasteiger partial charge on any atom is -0.494 e. The van der Waals surface area contributed by atoms with E-state index in [1.807, 2.05) is 18.7 Å². The van der Waals surface area contributed by atoms with Crippen molar-refractivity contribution in [3.63, 3.8) is 0 Å². The third-order valence-electron chi connectivity index (χ3n) is 6.47. The van der Waals surface area contributed by atoms with Crippen molar-refractivity contribution in [3.8, 4) is 5.75 Å². The molecular weight excluding hydrogens is 486 g/mol. The number of hydrogen-bond acceptors (Lipinski definition) is 9. The predicted octanol–water partition coefficient (Wildman–Crippen LogP) is 0.0467. The summed E-state index contributed by atoms with van der Waals surface area (Å²) in [6.45, 7) is 6.10. The standard InChI is InChI=1S/C23H33N7O5S/c1-3-5-22-25-16-19-23(32)26-21(27-29(19)22)15-17-14-18(6-7-20(17)35-4-2)36(33,34)30(24)11-8-28(9-12-30)10-13-31/h6-7,14,16,31H,3-5,8-13,15,24H2,1-2H3/p+1. The highest BCUT2D eigenvalue weighted by Crippen LogP contribution is 2.29. The Bertz CT molecular complexity index is 1380. The van der Waals surface area contributed by atoms with E-state index in [9.17, 15) is 18.3 Å². The van der Waals surface area contributed by atoms with Gasteiger partial charge in [-0.15, -0.1) is 4.00 Å². The number of aryl methyl sites for hydroxylation is 1. The van der Waals surface area contributed by atoms with Crippen LogP contribution in [0.4, 0.5) is 0 Å². The van der Waals surface area contributed by atoms with Gasteiger partial charge in [0.2, 0.25) is 0 Å². The predicted molar refractivity (Wildman–Crippen MR) is 133 cm³/mol. The number of H-pyrrole nitrogens is 1. The number of aliphatic hydroxyl groups is 1. The SMILES string of the molecule is CCCc1ncc2c(=O)[nH]c(Cc3cc(S(=O)(=O)[N+]4(N)CCN(CCO)CC4)ccc3OCC)nn12. The average Bonchev–Trinajstić information content (AvgIpc) is 3.25. The van der Waals surface area contributed by atoms with Crippen molar-refractivity contribution in [2.24, 2.45) is 5.84 Å². The second-order valence-electron chi connectivity index (χ2n) is 8.94. The molecule has 12 nitrogen and oxygen atoms in total. The smallest absolute Gasteiger partial charge is 0.344 e. The number of aromatic nitrogens is 4. The zero-order chi connectivity index (χ0) is 25.9. The Morgan fingerprint density at radius 3 is 2.67 bits per heavy atom. The van der Waals surface area contributed by atoms with Crippen LogP contribution in [0.1, 0.15) is 37.5 Å². The van der Waals surface area contributed by atoms with Crippen LogP contribution in [0.3, 0.4) is 0 Å². The van der Waals surface area contributed by atoms with Gasteiger partial charge in [0.25, 0.3) is 5.56 Å². The van der Waals surface area contributed by atoms with Crippen molar-refractivity contribution in [3.05, 3.63) is 52.0 Å². The van der Waals surface area contributed by atoms with Gasteiger partial charge in [0.05, 0.1) is 32.5 Å². The lowest BCUT2D eigenvalue weighted by molar-refractivity contribution is -0.824. The fourth-order valence-electron chi connectivity index (χ4n) is 4.46. The molecule has 3 heterocycles. The summed E-state index contributed by atoms with van der Waals surface area (Å²) in [6, 6.07) is 4.68. The summed E-state index contributed by atoms with van der Waals surface area (Å²) in [5.41, 5.74) is 0.616. The molecule has 1 aliphatic rings. The summed E-state index contributed by atoms with van der Waals surface area (Å²) in [5.74, 6) is 7.97. The quantitative estimate of drug-likeness (QED) is 0.248. The number of nitrogens with one attached hydrogen (secondary N) is 1. The van der Waals surface area contributed by atoms with Crippen LogP contribution >= 0.6 is 0 Å². The lowest BCUT2D eigenvalue weighted by atomic mass is 10.1. The van der Waals surface area contributed by atoms with Gasteiger partial charge in [-0.1, -0.05) is 6.92 Å². The van der Waals surface area contributed by atoms with Crippen LogP contribution in [0.25, 0.3) is 5.52 Å². The van der Waals surface area contributed by atoms with Crippen LogP contribution in [0.2, 0.25) is 0 Å². The van der Waals surface area contributed by atoms with Gasteiger partial charge in [-0.2, -0.15) is 19.4 Å². The fraction of sp³-hybridized carbons (Fsp3) is 0.522. The van der Waals surface area contributed by atoms with Gasteiger partial charge in [-0.05, 0) is 31.5 Å². The first-order valence-corrected chi connectivity index (χ1v) is 13.6. The molecule has 1 fully saturated rings. The minimum atomic E-state index is -3.93. The number of benzene rings is 1. The number of aliphatic hydroxyl groups excluding tert-OH is 1. The van der Waals surface area contributed by atoms with Gasteiger partial charge in [-0.25, -0.2) is 9.50 Å². The molecule has 0 atom stereocenters. The van der Waals surface area contributed by atoms with E-state index >= 15 is 0 Å². The first-order chi connectivity index (χ1) is 17.2.